The van der Waals surface area contributed by atoms with Crippen LogP contribution in [0, 0.1) is 0 Å². The highest BCUT2D eigenvalue weighted by Crippen LogP contribution is 2.31. The third-order valence-electron chi connectivity index (χ3n) is 3.27. The molecular weight excluding hydrogens is 248 g/mol. The number of nitrogens with one attached hydrogen (secondary N) is 1. The number of pyridine rings is 1. The van der Waals surface area contributed by atoms with Crippen molar-refractivity contribution in [1.82, 2.24) is 4.98 Å². The molecule has 0 fully saturated rings. The van der Waals surface area contributed by atoms with Gasteiger partial charge in [0, 0.05) is 11.9 Å². The van der Waals surface area contributed by atoms with Crippen molar-refractivity contribution in [3.63, 3.8) is 0 Å². The first-order chi connectivity index (χ1) is 9.67. The maximum atomic E-state index is 5.81. The Morgan fingerprint density at radius 1 is 1.25 bits per heavy atom. The minimum atomic E-state index is 0.446. The molecule has 0 spiro atoms. The Balaban J connectivity index is 2.55. The van der Waals surface area contributed by atoms with E-state index >= 15 is 0 Å². The zero-order valence-electron chi connectivity index (χ0n) is 12.9. The van der Waals surface area contributed by atoms with Gasteiger partial charge in [-0.1, -0.05) is 32.9 Å². The molecular formula is C17H24N2O. The standard InChI is InChI=1S/C17H24N2O/c1-5-10-20-15-9-7-8-13-11-14(12(3)4)17(18-6-2)19-16(13)15/h7-9,11-12H,5-6,10H2,1-4H3,(H,18,19). The topological polar surface area (TPSA) is 34.1 Å². The van der Waals surface area contributed by atoms with Crippen LogP contribution in [0.2, 0.25) is 0 Å². The highest BCUT2D eigenvalue weighted by molar-refractivity contribution is 5.87. The van der Waals surface area contributed by atoms with Crippen LogP contribution >= 0.6 is 0 Å². The second-order valence-corrected chi connectivity index (χ2v) is 5.29. The highest BCUT2D eigenvalue weighted by Gasteiger charge is 2.12. The minimum absolute atomic E-state index is 0.446. The molecule has 0 bridgehead atoms. The number of fused-ring (bicyclic) bond motifs is 1. The van der Waals surface area contributed by atoms with Crippen molar-refractivity contribution in [1.29, 1.82) is 0 Å². The summed E-state index contributed by atoms with van der Waals surface area (Å²) in [6, 6.07) is 8.36. The van der Waals surface area contributed by atoms with Gasteiger partial charge in [-0.3, -0.25) is 0 Å². The van der Waals surface area contributed by atoms with Gasteiger partial charge < -0.3 is 10.1 Å². The van der Waals surface area contributed by atoms with E-state index < -0.39 is 0 Å². The van der Waals surface area contributed by atoms with Gasteiger partial charge in [-0.15, -0.1) is 0 Å². The molecule has 1 N–H and O–H groups in total. The maximum Gasteiger partial charge on any atom is 0.145 e. The Kier molecular flexibility index (Phi) is 4.83. The van der Waals surface area contributed by atoms with Crippen molar-refractivity contribution in [2.24, 2.45) is 0 Å². The van der Waals surface area contributed by atoms with Crippen molar-refractivity contribution >= 4 is 16.7 Å². The lowest BCUT2D eigenvalue weighted by Gasteiger charge is -2.16. The molecule has 2 aromatic rings. The van der Waals surface area contributed by atoms with E-state index in [2.05, 4.69) is 45.1 Å². The number of anilines is 1. The molecule has 0 aliphatic carbocycles. The zero-order chi connectivity index (χ0) is 14.5. The zero-order valence-corrected chi connectivity index (χ0v) is 12.9. The van der Waals surface area contributed by atoms with Gasteiger partial charge in [0.2, 0.25) is 0 Å². The Labute approximate surface area is 121 Å². The molecule has 3 nitrogen and oxygen atoms in total. The maximum absolute atomic E-state index is 5.81. The van der Waals surface area contributed by atoms with Crippen LogP contribution in [-0.4, -0.2) is 18.1 Å². The molecule has 108 valence electrons. The minimum Gasteiger partial charge on any atom is -0.491 e. The summed E-state index contributed by atoms with van der Waals surface area (Å²) in [7, 11) is 0. The number of rotatable bonds is 6. The molecule has 0 saturated heterocycles. The van der Waals surface area contributed by atoms with Crippen LogP contribution < -0.4 is 10.1 Å². The number of benzene rings is 1. The van der Waals surface area contributed by atoms with E-state index in [4.69, 9.17) is 9.72 Å². The molecule has 20 heavy (non-hydrogen) atoms. The molecule has 3 heteroatoms. The fourth-order valence-corrected chi connectivity index (χ4v) is 2.27. The third-order valence-corrected chi connectivity index (χ3v) is 3.27. The first-order valence-corrected chi connectivity index (χ1v) is 7.47. The van der Waals surface area contributed by atoms with Gasteiger partial charge in [0.25, 0.3) is 0 Å². The fraction of sp³-hybridized carbons (Fsp3) is 0.471. The fourth-order valence-electron chi connectivity index (χ4n) is 2.27. The monoisotopic (exact) mass is 272 g/mol. The smallest absolute Gasteiger partial charge is 0.145 e. The summed E-state index contributed by atoms with van der Waals surface area (Å²) in [5.41, 5.74) is 2.20. The average molecular weight is 272 g/mol. The van der Waals surface area contributed by atoms with E-state index in [0.29, 0.717) is 5.92 Å². The molecule has 0 radical (unpaired) electrons. The number of nitrogens with zero attached hydrogens (tertiary/aromatic N) is 1. The van der Waals surface area contributed by atoms with Crippen molar-refractivity contribution in [2.45, 2.75) is 40.0 Å². The molecule has 0 aliphatic rings. The number of para-hydroxylation sites is 1. The highest BCUT2D eigenvalue weighted by atomic mass is 16.5. The first kappa shape index (κ1) is 14.6. The molecule has 1 heterocycles. The molecule has 1 aromatic carbocycles. The Hall–Kier alpha value is -1.77. The van der Waals surface area contributed by atoms with Crippen LogP contribution in [0.1, 0.15) is 45.6 Å². The van der Waals surface area contributed by atoms with Crippen molar-refractivity contribution < 1.29 is 4.74 Å². The Bertz CT molecular complexity index is 578. The predicted octanol–water partition coefficient (Wildman–Crippen LogP) is 4.58. The average Bonchev–Trinajstić information content (AvgIpc) is 2.44. The van der Waals surface area contributed by atoms with Crippen LogP contribution in [0.25, 0.3) is 10.9 Å². The lowest BCUT2D eigenvalue weighted by Crippen LogP contribution is -2.06. The SMILES string of the molecule is CCCOc1cccc2cc(C(C)C)c(NCC)nc12. The summed E-state index contributed by atoms with van der Waals surface area (Å²) in [6.07, 6.45) is 1.00. The van der Waals surface area contributed by atoms with E-state index in [9.17, 15) is 0 Å². The van der Waals surface area contributed by atoms with Gasteiger partial charge in [0.15, 0.2) is 0 Å². The number of aromatic nitrogens is 1. The Morgan fingerprint density at radius 2 is 2.05 bits per heavy atom. The number of hydrogen-bond acceptors (Lipinski definition) is 3. The molecule has 0 unspecified atom stereocenters. The van der Waals surface area contributed by atoms with Gasteiger partial charge in [-0.2, -0.15) is 0 Å². The molecule has 0 saturated carbocycles. The van der Waals surface area contributed by atoms with Gasteiger partial charge in [-0.25, -0.2) is 4.98 Å². The summed E-state index contributed by atoms with van der Waals surface area (Å²) in [6.45, 7) is 10.2. The van der Waals surface area contributed by atoms with Gasteiger partial charge in [-0.05, 0) is 37.0 Å². The van der Waals surface area contributed by atoms with Crippen molar-refractivity contribution in [3.05, 3.63) is 29.8 Å². The van der Waals surface area contributed by atoms with E-state index in [-0.39, 0.29) is 0 Å². The van der Waals surface area contributed by atoms with Crippen LogP contribution in [0.3, 0.4) is 0 Å². The number of ether oxygens (including phenoxy) is 1. The van der Waals surface area contributed by atoms with Crippen LogP contribution in [-0.2, 0) is 0 Å². The summed E-state index contributed by atoms with van der Waals surface area (Å²) in [4.78, 5) is 4.80. The molecule has 0 aliphatic heterocycles. The summed E-state index contributed by atoms with van der Waals surface area (Å²) < 4.78 is 5.81. The van der Waals surface area contributed by atoms with Crippen molar-refractivity contribution in [2.75, 3.05) is 18.5 Å². The van der Waals surface area contributed by atoms with Crippen LogP contribution in [0.15, 0.2) is 24.3 Å². The second kappa shape index (κ2) is 6.60. The van der Waals surface area contributed by atoms with E-state index in [1.807, 2.05) is 12.1 Å². The van der Waals surface area contributed by atoms with Gasteiger partial charge in [0.05, 0.1) is 6.61 Å². The summed E-state index contributed by atoms with van der Waals surface area (Å²) in [5, 5.41) is 4.51. The predicted molar refractivity (Wildman–Crippen MR) is 85.8 cm³/mol. The molecule has 0 atom stereocenters. The summed E-state index contributed by atoms with van der Waals surface area (Å²) >= 11 is 0. The summed E-state index contributed by atoms with van der Waals surface area (Å²) in [5.74, 6) is 2.29. The van der Waals surface area contributed by atoms with Gasteiger partial charge >= 0.3 is 0 Å². The normalized spacial score (nSPS) is 11.1. The van der Waals surface area contributed by atoms with Crippen molar-refractivity contribution in [3.8, 4) is 5.75 Å². The lowest BCUT2D eigenvalue weighted by molar-refractivity contribution is 0.320. The Morgan fingerprint density at radius 3 is 2.70 bits per heavy atom. The van der Waals surface area contributed by atoms with Crippen LogP contribution in [0.5, 0.6) is 5.75 Å². The third kappa shape index (κ3) is 3.03. The number of hydrogen-bond donors (Lipinski definition) is 1. The molecule has 2 rings (SSSR count). The second-order valence-electron chi connectivity index (χ2n) is 5.29. The lowest BCUT2D eigenvalue weighted by atomic mass is 10.0. The van der Waals surface area contributed by atoms with Crippen LogP contribution in [0.4, 0.5) is 5.82 Å². The van der Waals surface area contributed by atoms with E-state index in [1.165, 1.54) is 5.56 Å². The molecule has 0 amide bonds. The van der Waals surface area contributed by atoms with Gasteiger partial charge in [0.1, 0.15) is 17.1 Å². The van der Waals surface area contributed by atoms with E-state index in [0.717, 1.165) is 42.0 Å². The first-order valence-electron chi connectivity index (χ1n) is 7.47. The molecule has 1 aromatic heterocycles. The largest absolute Gasteiger partial charge is 0.491 e. The van der Waals surface area contributed by atoms with E-state index in [1.54, 1.807) is 0 Å². The quantitative estimate of drug-likeness (QED) is 0.835.